The fourth-order valence-electron chi connectivity index (χ4n) is 2.14. The number of fused-ring (bicyclic) bond motifs is 1. The molecule has 0 aromatic heterocycles. The molecule has 1 aliphatic rings. The predicted molar refractivity (Wildman–Crippen MR) is 82.9 cm³/mol. The van der Waals surface area contributed by atoms with Crippen LogP contribution in [0.25, 0.3) is 0 Å². The van der Waals surface area contributed by atoms with Gasteiger partial charge in [-0.25, -0.2) is 0 Å². The van der Waals surface area contributed by atoms with Crippen LogP contribution in [0.1, 0.15) is 5.56 Å². The van der Waals surface area contributed by atoms with Crippen LogP contribution >= 0.6 is 23.2 Å². The molecule has 1 aliphatic heterocycles. The third-order valence-electron chi connectivity index (χ3n) is 3.10. The monoisotopic (exact) mass is 307 g/mol. The van der Waals surface area contributed by atoms with Crippen molar-refractivity contribution in [2.75, 3.05) is 16.4 Å². The number of amides is 1. The van der Waals surface area contributed by atoms with Gasteiger partial charge in [-0.15, -0.1) is 0 Å². The lowest BCUT2D eigenvalue weighted by molar-refractivity contribution is -0.115. The van der Waals surface area contributed by atoms with E-state index in [-0.39, 0.29) is 5.91 Å². The van der Waals surface area contributed by atoms with E-state index in [4.69, 9.17) is 28.9 Å². The van der Waals surface area contributed by atoms with E-state index in [1.807, 2.05) is 0 Å². The summed E-state index contributed by atoms with van der Waals surface area (Å²) in [5.41, 5.74) is 9.55. The van der Waals surface area contributed by atoms with Crippen LogP contribution in [0.4, 0.5) is 22.7 Å². The van der Waals surface area contributed by atoms with Gasteiger partial charge >= 0.3 is 0 Å². The number of carbonyl (C=O) groups is 1. The van der Waals surface area contributed by atoms with Crippen LogP contribution in [0.2, 0.25) is 10.0 Å². The van der Waals surface area contributed by atoms with Gasteiger partial charge in [0.15, 0.2) is 0 Å². The van der Waals surface area contributed by atoms with E-state index in [1.54, 1.807) is 30.3 Å². The minimum atomic E-state index is -0.0302. The third kappa shape index (κ3) is 2.40. The van der Waals surface area contributed by atoms with Crippen LogP contribution in [-0.2, 0) is 11.2 Å². The number of carbonyl (C=O) groups excluding carboxylic acids is 1. The molecular formula is C14H11Cl2N3O. The average Bonchev–Trinajstić information content (AvgIpc) is 2.73. The van der Waals surface area contributed by atoms with Crippen LogP contribution in [0.15, 0.2) is 30.3 Å². The summed E-state index contributed by atoms with van der Waals surface area (Å²) in [4.78, 5) is 11.4. The first-order valence-corrected chi connectivity index (χ1v) is 6.73. The van der Waals surface area contributed by atoms with Gasteiger partial charge in [-0.1, -0.05) is 23.2 Å². The Labute approximate surface area is 125 Å². The zero-order valence-corrected chi connectivity index (χ0v) is 11.8. The zero-order valence-electron chi connectivity index (χ0n) is 10.3. The molecule has 0 atom stereocenters. The minimum absolute atomic E-state index is 0.0302. The second-order valence-corrected chi connectivity index (χ2v) is 5.41. The van der Waals surface area contributed by atoms with Crippen molar-refractivity contribution in [2.24, 2.45) is 0 Å². The van der Waals surface area contributed by atoms with Gasteiger partial charge in [0.25, 0.3) is 0 Å². The van der Waals surface area contributed by atoms with Crippen molar-refractivity contribution >= 4 is 51.9 Å². The molecule has 20 heavy (non-hydrogen) atoms. The number of halogens is 2. The van der Waals surface area contributed by atoms with E-state index >= 15 is 0 Å². The predicted octanol–water partition coefficient (Wildman–Crippen LogP) is 3.81. The molecule has 4 nitrogen and oxygen atoms in total. The Kier molecular flexibility index (Phi) is 3.20. The lowest BCUT2D eigenvalue weighted by Gasteiger charge is -2.13. The summed E-state index contributed by atoms with van der Waals surface area (Å²) in [5, 5.41) is 7.03. The minimum Gasteiger partial charge on any atom is -0.397 e. The summed E-state index contributed by atoms with van der Waals surface area (Å²) in [7, 11) is 0. The number of nitrogen functional groups attached to an aromatic ring is 1. The standard InChI is InChI=1S/C14H11Cl2N3O/c15-8-1-2-9(16)12(5-8)18-13-6-11-7(3-10(13)17)4-14(20)19-11/h1-3,5-6,18H,4,17H2,(H,19,20). The molecule has 2 aromatic rings. The highest BCUT2D eigenvalue weighted by atomic mass is 35.5. The summed E-state index contributed by atoms with van der Waals surface area (Å²) in [5.74, 6) is -0.0302. The topological polar surface area (TPSA) is 67.2 Å². The maximum atomic E-state index is 11.4. The average molecular weight is 308 g/mol. The molecule has 2 aromatic carbocycles. The van der Waals surface area contributed by atoms with Gasteiger partial charge in [0, 0.05) is 10.7 Å². The van der Waals surface area contributed by atoms with Crippen molar-refractivity contribution in [3.8, 4) is 0 Å². The molecule has 0 saturated heterocycles. The number of hydrogen-bond acceptors (Lipinski definition) is 3. The number of anilines is 4. The SMILES string of the molecule is Nc1cc2c(cc1Nc1cc(Cl)ccc1Cl)NC(=O)C2. The highest BCUT2D eigenvalue weighted by Gasteiger charge is 2.19. The molecular weight excluding hydrogens is 297 g/mol. The van der Waals surface area contributed by atoms with Crippen LogP contribution < -0.4 is 16.4 Å². The van der Waals surface area contributed by atoms with E-state index in [0.717, 1.165) is 11.3 Å². The molecule has 6 heteroatoms. The number of nitrogens with two attached hydrogens (primary N) is 1. The van der Waals surface area contributed by atoms with E-state index < -0.39 is 0 Å². The Balaban J connectivity index is 1.97. The van der Waals surface area contributed by atoms with Crippen molar-refractivity contribution < 1.29 is 4.79 Å². The van der Waals surface area contributed by atoms with Crippen LogP contribution in [0, 0.1) is 0 Å². The lowest BCUT2D eigenvalue weighted by Crippen LogP contribution is -2.03. The molecule has 0 bridgehead atoms. The molecule has 3 rings (SSSR count). The number of rotatable bonds is 2. The summed E-state index contributed by atoms with van der Waals surface area (Å²) in [6.45, 7) is 0. The molecule has 1 amide bonds. The zero-order chi connectivity index (χ0) is 14.3. The molecule has 102 valence electrons. The second kappa shape index (κ2) is 4.89. The molecule has 4 N–H and O–H groups in total. The summed E-state index contributed by atoms with van der Waals surface area (Å²) < 4.78 is 0. The Morgan fingerprint density at radius 1 is 1.15 bits per heavy atom. The quantitative estimate of drug-likeness (QED) is 0.739. The maximum Gasteiger partial charge on any atom is 0.228 e. The van der Waals surface area contributed by atoms with Crippen LogP contribution in [0.3, 0.4) is 0 Å². The summed E-state index contributed by atoms with van der Waals surface area (Å²) >= 11 is 12.1. The molecule has 0 aliphatic carbocycles. The first-order valence-electron chi connectivity index (χ1n) is 5.97. The van der Waals surface area contributed by atoms with Crippen molar-refractivity contribution in [1.29, 1.82) is 0 Å². The van der Waals surface area contributed by atoms with Gasteiger partial charge in [-0.3, -0.25) is 4.79 Å². The van der Waals surface area contributed by atoms with E-state index in [1.165, 1.54) is 0 Å². The fraction of sp³-hybridized carbons (Fsp3) is 0.0714. The molecule has 0 unspecified atom stereocenters. The van der Waals surface area contributed by atoms with Crippen LogP contribution in [0.5, 0.6) is 0 Å². The Hall–Kier alpha value is -1.91. The van der Waals surface area contributed by atoms with Crippen LogP contribution in [-0.4, -0.2) is 5.91 Å². The van der Waals surface area contributed by atoms with E-state index in [9.17, 15) is 4.79 Å². The number of nitrogens with one attached hydrogen (secondary N) is 2. The highest BCUT2D eigenvalue weighted by molar-refractivity contribution is 6.35. The van der Waals surface area contributed by atoms with Gasteiger partial charge in [0.05, 0.1) is 28.5 Å². The smallest absolute Gasteiger partial charge is 0.228 e. The fourth-order valence-corrected chi connectivity index (χ4v) is 2.48. The number of benzene rings is 2. The van der Waals surface area contributed by atoms with Gasteiger partial charge < -0.3 is 16.4 Å². The Morgan fingerprint density at radius 2 is 1.95 bits per heavy atom. The van der Waals surface area contributed by atoms with Gasteiger partial charge in [-0.05, 0) is 35.9 Å². The van der Waals surface area contributed by atoms with Crippen molar-refractivity contribution in [3.63, 3.8) is 0 Å². The third-order valence-corrected chi connectivity index (χ3v) is 3.66. The Morgan fingerprint density at radius 3 is 2.75 bits per heavy atom. The normalized spacial score (nSPS) is 13.0. The molecule has 0 fully saturated rings. The Bertz CT molecular complexity index is 716. The van der Waals surface area contributed by atoms with Crippen molar-refractivity contribution in [1.82, 2.24) is 0 Å². The van der Waals surface area contributed by atoms with E-state index in [2.05, 4.69) is 10.6 Å². The van der Waals surface area contributed by atoms with Crippen molar-refractivity contribution in [3.05, 3.63) is 45.9 Å². The lowest BCUT2D eigenvalue weighted by atomic mass is 10.1. The van der Waals surface area contributed by atoms with Gasteiger partial charge in [0.2, 0.25) is 5.91 Å². The van der Waals surface area contributed by atoms with E-state index in [0.29, 0.717) is 33.5 Å². The first-order chi connectivity index (χ1) is 9.52. The highest BCUT2D eigenvalue weighted by Crippen LogP contribution is 2.35. The molecule has 0 radical (unpaired) electrons. The molecule has 0 spiro atoms. The summed E-state index contributed by atoms with van der Waals surface area (Å²) in [6, 6.07) is 8.72. The summed E-state index contributed by atoms with van der Waals surface area (Å²) in [6.07, 6.45) is 0.359. The maximum absolute atomic E-state index is 11.4. The number of hydrogen-bond donors (Lipinski definition) is 3. The first kappa shape index (κ1) is 13.1. The van der Waals surface area contributed by atoms with Crippen molar-refractivity contribution in [2.45, 2.75) is 6.42 Å². The van der Waals surface area contributed by atoms with Gasteiger partial charge in [-0.2, -0.15) is 0 Å². The molecule has 0 saturated carbocycles. The largest absolute Gasteiger partial charge is 0.397 e. The van der Waals surface area contributed by atoms with Gasteiger partial charge in [0.1, 0.15) is 0 Å². The molecule has 1 heterocycles. The second-order valence-electron chi connectivity index (χ2n) is 4.57.